The van der Waals surface area contributed by atoms with Gasteiger partial charge in [0.05, 0.1) is 6.42 Å². The molecule has 0 fully saturated rings. The Morgan fingerprint density at radius 1 is 1.10 bits per heavy atom. The van der Waals surface area contributed by atoms with Crippen LogP contribution in [0, 0.1) is 12.3 Å². The van der Waals surface area contributed by atoms with Crippen molar-refractivity contribution in [1.29, 1.82) is 0 Å². The number of hydrogen-bond acceptors (Lipinski definition) is 1. The molecule has 0 saturated heterocycles. The standard InChI is InChI=1S/C16H22F3NO/c1-12-7-5-6-8-13(12)9-14(21)20(10-15(2,3)4)11-16(17,18)19/h5-8H,9-11H2,1-4H3. The number of hydrogen-bond donors (Lipinski definition) is 0. The van der Waals surface area contributed by atoms with Crippen molar-refractivity contribution in [3.8, 4) is 0 Å². The number of benzene rings is 1. The van der Waals surface area contributed by atoms with Crippen LogP contribution >= 0.6 is 0 Å². The van der Waals surface area contributed by atoms with Gasteiger partial charge in [-0.2, -0.15) is 13.2 Å². The van der Waals surface area contributed by atoms with Crippen LogP contribution < -0.4 is 0 Å². The summed E-state index contributed by atoms with van der Waals surface area (Å²) in [6.45, 7) is 6.18. The third-order valence-corrected chi connectivity index (χ3v) is 2.99. The molecule has 0 bridgehead atoms. The number of amides is 1. The van der Waals surface area contributed by atoms with Crippen molar-refractivity contribution in [1.82, 2.24) is 4.90 Å². The van der Waals surface area contributed by atoms with Gasteiger partial charge in [0.1, 0.15) is 6.54 Å². The molecule has 1 aromatic carbocycles. The maximum absolute atomic E-state index is 12.7. The summed E-state index contributed by atoms with van der Waals surface area (Å²) >= 11 is 0. The number of carbonyl (C=O) groups excluding carboxylic acids is 1. The molecule has 0 aliphatic carbocycles. The number of aryl methyl sites for hydroxylation is 1. The first-order valence-electron chi connectivity index (χ1n) is 6.87. The lowest BCUT2D eigenvalue weighted by molar-refractivity contribution is -0.163. The molecule has 1 aromatic rings. The third-order valence-electron chi connectivity index (χ3n) is 2.99. The second-order valence-electron chi connectivity index (χ2n) is 6.53. The van der Waals surface area contributed by atoms with E-state index in [0.717, 1.165) is 16.0 Å². The lowest BCUT2D eigenvalue weighted by atomic mass is 9.95. The maximum Gasteiger partial charge on any atom is 0.406 e. The molecular formula is C16H22F3NO. The van der Waals surface area contributed by atoms with Gasteiger partial charge in [0, 0.05) is 6.54 Å². The van der Waals surface area contributed by atoms with E-state index >= 15 is 0 Å². The van der Waals surface area contributed by atoms with Crippen LogP contribution in [0.3, 0.4) is 0 Å². The summed E-state index contributed by atoms with van der Waals surface area (Å²) in [6.07, 6.45) is -4.38. The van der Waals surface area contributed by atoms with Gasteiger partial charge in [0.15, 0.2) is 0 Å². The molecule has 1 rings (SSSR count). The Hall–Kier alpha value is -1.52. The van der Waals surface area contributed by atoms with Gasteiger partial charge in [-0.1, -0.05) is 45.0 Å². The van der Waals surface area contributed by atoms with Crippen LogP contribution in [0.25, 0.3) is 0 Å². The summed E-state index contributed by atoms with van der Waals surface area (Å²) in [5, 5.41) is 0. The predicted molar refractivity (Wildman–Crippen MR) is 77.0 cm³/mol. The van der Waals surface area contributed by atoms with Crippen molar-refractivity contribution in [2.75, 3.05) is 13.1 Å². The fourth-order valence-electron chi connectivity index (χ4n) is 2.10. The summed E-state index contributed by atoms with van der Waals surface area (Å²) in [7, 11) is 0. The number of rotatable bonds is 4. The number of alkyl halides is 3. The largest absolute Gasteiger partial charge is 0.406 e. The van der Waals surface area contributed by atoms with E-state index in [9.17, 15) is 18.0 Å². The summed E-state index contributed by atoms with van der Waals surface area (Å²) in [5.74, 6) is -0.489. The minimum atomic E-state index is -4.38. The lowest BCUT2D eigenvalue weighted by Gasteiger charge is -2.31. The van der Waals surface area contributed by atoms with Crippen LogP contribution in [0.4, 0.5) is 13.2 Å². The molecule has 0 unspecified atom stereocenters. The van der Waals surface area contributed by atoms with Gasteiger partial charge in [-0.15, -0.1) is 0 Å². The van der Waals surface area contributed by atoms with Crippen LogP contribution in [-0.4, -0.2) is 30.1 Å². The minimum absolute atomic E-state index is 0.00116. The Balaban J connectivity index is 2.87. The molecule has 0 saturated carbocycles. The Kier molecular flexibility index (Phi) is 5.42. The van der Waals surface area contributed by atoms with E-state index in [-0.39, 0.29) is 18.4 Å². The molecular weight excluding hydrogens is 279 g/mol. The van der Waals surface area contributed by atoms with Gasteiger partial charge in [0.2, 0.25) is 5.91 Å². The predicted octanol–water partition coefficient (Wildman–Crippen LogP) is 3.97. The zero-order valence-corrected chi connectivity index (χ0v) is 12.9. The summed E-state index contributed by atoms with van der Waals surface area (Å²) < 4.78 is 38.0. The zero-order valence-electron chi connectivity index (χ0n) is 12.9. The van der Waals surface area contributed by atoms with Gasteiger partial charge in [0.25, 0.3) is 0 Å². The summed E-state index contributed by atoms with van der Waals surface area (Å²) in [5.41, 5.74) is 1.30. The second-order valence-corrected chi connectivity index (χ2v) is 6.53. The molecule has 21 heavy (non-hydrogen) atoms. The van der Waals surface area contributed by atoms with E-state index in [4.69, 9.17) is 0 Å². The molecule has 118 valence electrons. The van der Waals surface area contributed by atoms with Crippen molar-refractivity contribution in [2.24, 2.45) is 5.41 Å². The molecule has 0 aromatic heterocycles. The molecule has 0 atom stereocenters. The van der Waals surface area contributed by atoms with E-state index in [0.29, 0.717) is 0 Å². The van der Waals surface area contributed by atoms with Crippen molar-refractivity contribution < 1.29 is 18.0 Å². The molecule has 0 aliphatic rings. The number of halogens is 3. The van der Waals surface area contributed by atoms with E-state index in [2.05, 4.69) is 0 Å². The Labute approximate surface area is 123 Å². The summed E-state index contributed by atoms with van der Waals surface area (Å²) in [4.78, 5) is 13.2. The normalized spacial score (nSPS) is 12.3. The first-order valence-corrected chi connectivity index (χ1v) is 6.87. The fourth-order valence-corrected chi connectivity index (χ4v) is 2.10. The van der Waals surface area contributed by atoms with Crippen molar-refractivity contribution in [2.45, 2.75) is 40.3 Å². The number of carbonyl (C=O) groups is 1. The Morgan fingerprint density at radius 2 is 1.67 bits per heavy atom. The van der Waals surface area contributed by atoms with Crippen molar-refractivity contribution >= 4 is 5.91 Å². The molecule has 0 N–H and O–H groups in total. The van der Waals surface area contributed by atoms with Crippen LogP contribution in [0.2, 0.25) is 0 Å². The molecule has 0 heterocycles. The van der Waals surface area contributed by atoms with Crippen LogP contribution in [0.15, 0.2) is 24.3 Å². The minimum Gasteiger partial charge on any atom is -0.333 e. The van der Waals surface area contributed by atoms with E-state index in [1.165, 1.54) is 0 Å². The lowest BCUT2D eigenvalue weighted by Crippen LogP contribution is -2.44. The Morgan fingerprint density at radius 3 is 2.14 bits per heavy atom. The average Bonchev–Trinajstić information content (AvgIpc) is 2.27. The van der Waals surface area contributed by atoms with Gasteiger partial charge < -0.3 is 4.90 Å². The molecule has 2 nitrogen and oxygen atoms in total. The highest BCUT2D eigenvalue weighted by molar-refractivity contribution is 5.79. The molecule has 0 aliphatic heterocycles. The van der Waals surface area contributed by atoms with Crippen LogP contribution in [0.5, 0.6) is 0 Å². The molecule has 0 spiro atoms. The van der Waals surface area contributed by atoms with Gasteiger partial charge in [-0.25, -0.2) is 0 Å². The number of nitrogens with zero attached hydrogens (tertiary/aromatic N) is 1. The van der Waals surface area contributed by atoms with E-state index in [1.54, 1.807) is 12.1 Å². The zero-order chi connectivity index (χ0) is 16.3. The molecule has 0 radical (unpaired) electrons. The van der Waals surface area contributed by atoms with Gasteiger partial charge >= 0.3 is 6.18 Å². The topological polar surface area (TPSA) is 20.3 Å². The fraction of sp³-hybridized carbons (Fsp3) is 0.562. The maximum atomic E-state index is 12.7. The SMILES string of the molecule is Cc1ccccc1CC(=O)N(CC(C)(C)C)CC(F)(F)F. The van der Waals surface area contributed by atoms with Crippen LogP contribution in [-0.2, 0) is 11.2 Å². The highest BCUT2D eigenvalue weighted by atomic mass is 19.4. The first-order chi connectivity index (χ1) is 9.48. The van der Waals surface area contributed by atoms with Crippen LogP contribution in [0.1, 0.15) is 31.9 Å². The van der Waals surface area contributed by atoms with Crippen molar-refractivity contribution in [3.05, 3.63) is 35.4 Å². The summed E-state index contributed by atoms with van der Waals surface area (Å²) in [6, 6.07) is 7.25. The Bertz CT molecular complexity index is 473. The molecule has 1 amide bonds. The van der Waals surface area contributed by atoms with Crippen molar-refractivity contribution in [3.63, 3.8) is 0 Å². The molecule has 5 heteroatoms. The third kappa shape index (κ3) is 6.65. The quantitative estimate of drug-likeness (QED) is 0.824. The first kappa shape index (κ1) is 17.5. The average molecular weight is 301 g/mol. The highest BCUT2D eigenvalue weighted by Crippen LogP contribution is 2.22. The van der Waals surface area contributed by atoms with E-state index in [1.807, 2.05) is 39.8 Å². The van der Waals surface area contributed by atoms with Gasteiger partial charge in [-0.3, -0.25) is 4.79 Å². The van der Waals surface area contributed by atoms with Gasteiger partial charge in [-0.05, 0) is 23.5 Å². The van der Waals surface area contributed by atoms with E-state index < -0.39 is 18.6 Å². The smallest absolute Gasteiger partial charge is 0.333 e. The second kappa shape index (κ2) is 6.50. The highest BCUT2D eigenvalue weighted by Gasteiger charge is 2.34. The monoisotopic (exact) mass is 301 g/mol.